The topological polar surface area (TPSA) is 59.0 Å². The molecule has 1 aliphatic heterocycles. The quantitative estimate of drug-likeness (QED) is 0.805. The number of nitrogens with zero attached hydrogens (tertiary/aromatic N) is 2. The third-order valence-electron chi connectivity index (χ3n) is 3.45. The Kier molecular flexibility index (Phi) is 2.98. The van der Waals surface area contributed by atoms with E-state index in [0.717, 1.165) is 42.5 Å². The lowest BCUT2D eigenvalue weighted by atomic mass is 10.1. The fourth-order valence-electron chi connectivity index (χ4n) is 2.50. The number of fused-ring (bicyclic) bond motifs is 1. The molecule has 0 bridgehead atoms. The van der Waals surface area contributed by atoms with Gasteiger partial charge in [-0.25, -0.2) is 0 Å². The molecule has 0 atom stereocenters. The smallest absolute Gasteiger partial charge is 0.211 e. The van der Waals surface area contributed by atoms with Crippen molar-refractivity contribution in [2.45, 2.75) is 18.9 Å². The largest absolute Gasteiger partial charge is 0.327 e. The molecule has 1 aromatic carbocycles. The molecule has 5 nitrogen and oxygen atoms in total. The maximum Gasteiger partial charge on any atom is 0.211 e. The van der Waals surface area contributed by atoms with Crippen LogP contribution in [-0.2, 0) is 4.79 Å². The van der Waals surface area contributed by atoms with E-state index in [1.165, 1.54) is 0 Å². The Morgan fingerprint density at radius 1 is 1.39 bits per heavy atom. The van der Waals surface area contributed by atoms with Gasteiger partial charge in [0.15, 0.2) is 0 Å². The van der Waals surface area contributed by atoms with E-state index in [0.29, 0.717) is 12.5 Å². The lowest BCUT2D eigenvalue weighted by Crippen LogP contribution is -2.29. The Balaban J connectivity index is 1.99. The highest BCUT2D eigenvalue weighted by Gasteiger charge is 2.16. The summed E-state index contributed by atoms with van der Waals surface area (Å²) in [5.74, 6) is 0. The summed E-state index contributed by atoms with van der Waals surface area (Å²) in [4.78, 5) is 10.6. The first kappa shape index (κ1) is 11.2. The molecule has 1 saturated heterocycles. The van der Waals surface area contributed by atoms with Crippen LogP contribution in [0.25, 0.3) is 10.9 Å². The summed E-state index contributed by atoms with van der Waals surface area (Å²) in [6.45, 7) is 2.08. The van der Waals surface area contributed by atoms with E-state index in [4.69, 9.17) is 0 Å². The minimum absolute atomic E-state index is 0.461. The molecule has 2 heterocycles. The van der Waals surface area contributed by atoms with Crippen molar-refractivity contribution in [1.29, 1.82) is 0 Å². The zero-order chi connectivity index (χ0) is 12.4. The van der Waals surface area contributed by atoms with Crippen molar-refractivity contribution in [3.8, 4) is 0 Å². The van der Waals surface area contributed by atoms with Gasteiger partial charge < -0.3 is 10.6 Å². The van der Waals surface area contributed by atoms with Gasteiger partial charge in [0.05, 0.1) is 11.7 Å². The molecule has 18 heavy (non-hydrogen) atoms. The number of nitrogens with one attached hydrogen (secondary N) is 2. The van der Waals surface area contributed by atoms with Crippen molar-refractivity contribution >= 4 is 23.0 Å². The van der Waals surface area contributed by atoms with Crippen molar-refractivity contribution < 1.29 is 4.79 Å². The number of carbonyl (C=O) groups excluding carboxylic acids is 1. The molecule has 1 aromatic heterocycles. The third-order valence-corrected chi connectivity index (χ3v) is 3.45. The van der Waals surface area contributed by atoms with Crippen molar-refractivity contribution in [2.24, 2.45) is 0 Å². The molecular weight excluding hydrogens is 228 g/mol. The van der Waals surface area contributed by atoms with Gasteiger partial charge in [0.2, 0.25) is 6.41 Å². The Morgan fingerprint density at radius 2 is 2.22 bits per heavy atom. The highest BCUT2D eigenvalue weighted by molar-refractivity contribution is 5.94. The Morgan fingerprint density at radius 3 is 3.00 bits per heavy atom. The second-order valence-electron chi connectivity index (χ2n) is 4.60. The second-order valence-corrected chi connectivity index (χ2v) is 4.60. The van der Waals surface area contributed by atoms with Crippen LogP contribution in [-0.4, -0.2) is 29.3 Å². The normalized spacial score (nSPS) is 16.9. The third kappa shape index (κ3) is 1.97. The molecule has 3 rings (SSSR count). The zero-order valence-corrected chi connectivity index (χ0v) is 10.1. The number of benzene rings is 1. The number of amides is 1. The fourth-order valence-corrected chi connectivity index (χ4v) is 2.50. The first-order chi connectivity index (χ1) is 8.88. The minimum atomic E-state index is 0.461. The molecule has 2 N–H and O–H groups in total. The van der Waals surface area contributed by atoms with Crippen LogP contribution in [0.3, 0.4) is 0 Å². The molecule has 1 fully saturated rings. The monoisotopic (exact) mass is 244 g/mol. The first-order valence-corrected chi connectivity index (χ1v) is 6.27. The van der Waals surface area contributed by atoms with Crippen molar-refractivity contribution in [2.75, 3.05) is 18.4 Å². The van der Waals surface area contributed by atoms with Crippen LogP contribution in [0, 0.1) is 0 Å². The van der Waals surface area contributed by atoms with Crippen molar-refractivity contribution in [1.82, 2.24) is 15.1 Å². The van der Waals surface area contributed by atoms with Crippen LogP contribution in [0.5, 0.6) is 0 Å². The molecule has 1 aliphatic rings. The predicted molar refractivity (Wildman–Crippen MR) is 70.6 cm³/mol. The maximum atomic E-state index is 10.6. The van der Waals surface area contributed by atoms with Crippen molar-refractivity contribution in [3.05, 3.63) is 24.4 Å². The molecule has 0 spiro atoms. The predicted octanol–water partition coefficient (Wildman–Crippen LogP) is 1.53. The van der Waals surface area contributed by atoms with Crippen LogP contribution in [0.2, 0.25) is 0 Å². The number of hydrogen-bond acceptors (Lipinski definition) is 3. The van der Waals surface area contributed by atoms with Gasteiger partial charge >= 0.3 is 0 Å². The molecule has 0 aliphatic carbocycles. The van der Waals surface area contributed by atoms with Gasteiger partial charge in [-0.1, -0.05) is 12.1 Å². The average Bonchev–Trinajstić information content (AvgIpc) is 2.85. The molecule has 0 unspecified atom stereocenters. The van der Waals surface area contributed by atoms with Crippen LogP contribution < -0.4 is 10.6 Å². The van der Waals surface area contributed by atoms with E-state index in [1.807, 2.05) is 22.9 Å². The van der Waals surface area contributed by atoms with E-state index in [2.05, 4.69) is 21.9 Å². The molecule has 5 heteroatoms. The van der Waals surface area contributed by atoms with E-state index >= 15 is 0 Å². The number of hydrogen-bond donors (Lipinski definition) is 2. The van der Waals surface area contributed by atoms with Gasteiger partial charge in [-0.15, -0.1) is 0 Å². The number of carbonyl (C=O) groups is 1. The van der Waals surface area contributed by atoms with Crippen molar-refractivity contribution in [3.63, 3.8) is 0 Å². The lowest BCUT2D eigenvalue weighted by molar-refractivity contribution is -0.105. The highest BCUT2D eigenvalue weighted by atomic mass is 16.1. The molecular formula is C13H16N4O. The van der Waals surface area contributed by atoms with Crippen LogP contribution in [0.15, 0.2) is 24.4 Å². The van der Waals surface area contributed by atoms with E-state index < -0.39 is 0 Å². The summed E-state index contributed by atoms with van der Waals surface area (Å²) in [7, 11) is 0. The van der Waals surface area contributed by atoms with Crippen LogP contribution >= 0.6 is 0 Å². The number of anilines is 1. The molecule has 94 valence electrons. The standard InChI is InChI=1S/C13H16N4O/c18-9-15-12-3-1-2-10-8-17(16-13(10)12)11-4-6-14-7-5-11/h1-3,8-9,11,14H,4-7H2,(H,15,18). The van der Waals surface area contributed by atoms with Crippen LogP contribution in [0.1, 0.15) is 18.9 Å². The SMILES string of the molecule is O=CNc1cccc2cn(C3CCNCC3)nc12. The first-order valence-electron chi connectivity index (χ1n) is 6.27. The zero-order valence-electron chi connectivity index (χ0n) is 10.1. The fraction of sp³-hybridized carbons (Fsp3) is 0.385. The van der Waals surface area contributed by atoms with Gasteiger partial charge in [0.25, 0.3) is 0 Å². The summed E-state index contributed by atoms with van der Waals surface area (Å²) in [5.41, 5.74) is 1.64. The number of rotatable bonds is 3. The van der Waals surface area contributed by atoms with Crippen LogP contribution in [0.4, 0.5) is 5.69 Å². The highest BCUT2D eigenvalue weighted by Crippen LogP contribution is 2.25. The van der Waals surface area contributed by atoms with Gasteiger partial charge in [-0.05, 0) is 32.0 Å². The average molecular weight is 244 g/mol. The maximum absolute atomic E-state index is 10.6. The van der Waals surface area contributed by atoms with Gasteiger partial charge in [-0.3, -0.25) is 9.48 Å². The molecule has 0 radical (unpaired) electrons. The Hall–Kier alpha value is -1.88. The summed E-state index contributed by atoms with van der Waals surface area (Å²) >= 11 is 0. The molecule has 2 aromatic rings. The van der Waals surface area contributed by atoms with E-state index in [1.54, 1.807) is 0 Å². The Bertz CT molecular complexity index is 557. The van der Waals surface area contributed by atoms with Gasteiger partial charge in [-0.2, -0.15) is 5.10 Å². The molecule has 1 amide bonds. The number of aromatic nitrogens is 2. The van der Waals surface area contributed by atoms with Gasteiger partial charge in [0.1, 0.15) is 5.52 Å². The van der Waals surface area contributed by atoms with E-state index in [-0.39, 0.29) is 0 Å². The number of piperidine rings is 1. The summed E-state index contributed by atoms with van der Waals surface area (Å²) in [5, 5.41) is 11.7. The second kappa shape index (κ2) is 4.78. The van der Waals surface area contributed by atoms with E-state index in [9.17, 15) is 4.79 Å². The summed E-state index contributed by atoms with van der Waals surface area (Å²) in [6, 6.07) is 6.29. The minimum Gasteiger partial charge on any atom is -0.327 e. The lowest BCUT2D eigenvalue weighted by Gasteiger charge is -2.22. The summed E-state index contributed by atoms with van der Waals surface area (Å²) < 4.78 is 2.04. The summed E-state index contributed by atoms with van der Waals surface area (Å²) in [6.07, 6.45) is 4.97. The Labute approximate surface area is 105 Å². The molecule has 0 saturated carbocycles. The van der Waals surface area contributed by atoms with Gasteiger partial charge in [0, 0.05) is 11.6 Å².